The van der Waals surface area contributed by atoms with Crippen LogP contribution in [0.3, 0.4) is 0 Å². The smallest absolute Gasteiger partial charge is 0.353 e. The second-order valence-electron chi connectivity index (χ2n) is 10.3. The molecule has 2 fully saturated rings. The molecule has 2 atom stereocenters. The topological polar surface area (TPSA) is 223 Å². The molecule has 16 nitrogen and oxygen atoms in total. The lowest BCUT2D eigenvalue weighted by Gasteiger charge is -2.49. The Bertz CT molecular complexity index is 1510. The molecule has 224 valence electrons. The highest BCUT2D eigenvalue weighted by molar-refractivity contribution is 8.07. The van der Waals surface area contributed by atoms with Gasteiger partial charge in [-0.15, -0.1) is 16.1 Å². The summed E-state index contributed by atoms with van der Waals surface area (Å²) in [4.78, 5) is 65.4. The normalized spacial score (nSPS) is 22.0. The number of nitrogens with zero attached hydrogens (tertiary/aromatic N) is 7. The molecular formula is C22H26N9O7S4+. The van der Waals surface area contributed by atoms with Gasteiger partial charge < -0.3 is 26.1 Å². The van der Waals surface area contributed by atoms with Crippen molar-refractivity contribution in [3.05, 3.63) is 16.4 Å². The number of anilines is 1. The third kappa shape index (κ3) is 5.68. The van der Waals surface area contributed by atoms with Crippen LogP contribution < -0.4 is 15.5 Å². The average molecular weight is 657 g/mol. The van der Waals surface area contributed by atoms with Gasteiger partial charge in [0, 0.05) is 35.0 Å². The maximum Gasteiger partial charge on any atom is 0.353 e. The SMILES string of the molecule is CC(C)(O/N=C(\C(=O)N[C@@H]1C(=O)N2C(C(=O)O)=C(Sc3nc([N+]4(C)CCCC4)ns3)CSC12)c1nsc(N)n1)C(=O)O. The van der Waals surface area contributed by atoms with E-state index < -0.39 is 46.5 Å². The van der Waals surface area contributed by atoms with E-state index in [2.05, 4.69) is 36.2 Å². The van der Waals surface area contributed by atoms with E-state index in [0.29, 0.717) is 19.7 Å². The molecule has 3 aliphatic rings. The molecule has 2 amide bonds. The van der Waals surface area contributed by atoms with Gasteiger partial charge in [-0.2, -0.15) is 14.3 Å². The first-order chi connectivity index (χ1) is 19.8. The van der Waals surface area contributed by atoms with Crippen molar-refractivity contribution < 1.29 is 34.2 Å². The van der Waals surface area contributed by atoms with Crippen LogP contribution in [0.25, 0.3) is 0 Å². The number of carbonyl (C=O) groups is 4. The zero-order valence-corrected chi connectivity index (χ0v) is 25.7. The number of β-lactam (4-membered cyclic amide) rings is 1. The summed E-state index contributed by atoms with van der Waals surface area (Å²) in [7, 11) is 2.08. The number of thioether (sulfide) groups is 2. The number of nitrogen functional groups attached to an aromatic ring is 1. The number of nitrogens with two attached hydrogens (primary N) is 1. The van der Waals surface area contributed by atoms with Crippen LogP contribution in [0.2, 0.25) is 0 Å². The molecule has 42 heavy (non-hydrogen) atoms. The van der Waals surface area contributed by atoms with Crippen LogP contribution in [-0.4, -0.2) is 106 Å². The van der Waals surface area contributed by atoms with Crippen LogP contribution in [0.15, 0.2) is 20.1 Å². The number of carboxylic acid groups (broad SMARTS) is 2. The monoisotopic (exact) mass is 656 g/mol. The number of aliphatic carboxylic acids is 2. The van der Waals surface area contributed by atoms with Crippen LogP contribution in [0, 0.1) is 0 Å². The number of hydrogen-bond donors (Lipinski definition) is 4. The predicted octanol–water partition coefficient (Wildman–Crippen LogP) is 0.775. The number of hydrogen-bond acceptors (Lipinski definition) is 15. The Morgan fingerprint density at radius 3 is 2.52 bits per heavy atom. The van der Waals surface area contributed by atoms with E-state index in [-0.39, 0.29) is 22.4 Å². The Kier molecular flexibility index (Phi) is 8.18. The van der Waals surface area contributed by atoms with Crippen molar-refractivity contribution in [2.75, 3.05) is 31.6 Å². The molecule has 0 bridgehead atoms. The van der Waals surface area contributed by atoms with Gasteiger partial charge in [-0.3, -0.25) is 19.0 Å². The summed E-state index contributed by atoms with van der Waals surface area (Å²) in [5, 5.41) is 24.9. The van der Waals surface area contributed by atoms with E-state index in [0.717, 1.165) is 42.4 Å². The van der Waals surface area contributed by atoms with Crippen molar-refractivity contribution in [3.8, 4) is 0 Å². The number of carbonyl (C=O) groups excluding carboxylic acids is 2. The molecule has 0 saturated carbocycles. The molecule has 3 aliphatic heterocycles. The highest BCUT2D eigenvalue weighted by Gasteiger charge is 2.55. The Labute approximate surface area is 255 Å². The molecule has 0 aromatic carbocycles. The summed E-state index contributed by atoms with van der Waals surface area (Å²) in [5.41, 5.74) is 3.18. The predicted molar refractivity (Wildman–Crippen MR) is 156 cm³/mol. The molecule has 2 aromatic heterocycles. The molecule has 0 radical (unpaired) electrons. The molecule has 2 saturated heterocycles. The first-order valence-corrected chi connectivity index (χ1v) is 15.9. The van der Waals surface area contributed by atoms with E-state index in [4.69, 9.17) is 10.6 Å². The standard InChI is InChI=1S/C22H25N9O7S4/c1-22(2,18(36)37)38-27-10(13-25-19(23)41-28-13)14(32)24-11-15(33)30-12(17(34)35)9(8-39-16(11)30)40-21-26-20(29-42-21)31(3)6-4-5-7-31/h11,16H,4-8H2,1-3H3,(H4-,23,24,25,28,32,34,35,36,37)/p+1/b27-10-/t11-,16?/m1/s1. The molecule has 0 aliphatic carbocycles. The van der Waals surface area contributed by atoms with Crippen LogP contribution in [-0.2, 0) is 24.0 Å². The molecule has 20 heteroatoms. The zero-order valence-electron chi connectivity index (χ0n) is 22.5. The van der Waals surface area contributed by atoms with Gasteiger partial charge in [0.1, 0.15) is 17.1 Å². The number of carboxylic acids is 2. The van der Waals surface area contributed by atoms with Gasteiger partial charge in [-0.1, -0.05) is 16.9 Å². The second kappa shape index (κ2) is 11.4. The number of nitrogens with one attached hydrogen (secondary N) is 1. The van der Waals surface area contributed by atoms with Crippen LogP contribution in [0.5, 0.6) is 0 Å². The minimum Gasteiger partial charge on any atom is -0.478 e. The number of rotatable bonds is 10. The van der Waals surface area contributed by atoms with E-state index >= 15 is 0 Å². The Hall–Kier alpha value is -3.33. The van der Waals surface area contributed by atoms with E-state index in [1.165, 1.54) is 48.9 Å². The van der Waals surface area contributed by atoms with Crippen LogP contribution >= 0.6 is 46.6 Å². The van der Waals surface area contributed by atoms with Crippen molar-refractivity contribution in [3.63, 3.8) is 0 Å². The quantitative estimate of drug-likeness (QED) is 0.120. The molecule has 0 spiro atoms. The highest BCUT2D eigenvalue weighted by atomic mass is 32.2. The summed E-state index contributed by atoms with van der Waals surface area (Å²) in [6.45, 7) is 4.35. The third-order valence-corrected chi connectivity index (χ3v) is 10.6. The number of fused-ring (bicyclic) bond motifs is 1. The lowest BCUT2D eigenvalue weighted by molar-refractivity contribution is -0.161. The van der Waals surface area contributed by atoms with Crippen molar-refractivity contribution >= 4 is 87.1 Å². The molecule has 1 unspecified atom stereocenters. The van der Waals surface area contributed by atoms with Crippen molar-refractivity contribution in [2.45, 2.75) is 48.0 Å². The zero-order chi connectivity index (χ0) is 30.4. The van der Waals surface area contributed by atoms with Crippen molar-refractivity contribution in [1.29, 1.82) is 0 Å². The fourth-order valence-electron chi connectivity index (χ4n) is 4.39. The van der Waals surface area contributed by atoms with Crippen molar-refractivity contribution in [1.82, 2.24) is 33.4 Å². The number of oxime groups is 1. The van der Waals surface area contributed by atoms with Gasteiger partial charge >= 0.3 is 17.9 Å². The first-order valence-electron chi connectivity index (χ1n) is 12.5. The lowest BCUT2D eigenvalue weighted by Crippen LogP contribution is -2.71. The van der Waals surface area contributed by atoms with E-state index in [1.54, 1.807) is 0 Å². The molecular weight excluding hydrogens is 631 g/mol. The number of amides is 2. The minimum atomic E-state index is -1.79. The maximum atomic E-state index is 13.2. The fourth-order valence-corrected chi connectivity index (χ4v) is 8.17. The number of quaternary nitrogens is 1. The average Bonchev–Trinajstić information content (AvgIpc) is 3.69. The van der Waals surface area contributed by atoms with Gasteiger partial charge in [0.05, 0.1) is 20.1 Å². The van der Waals surface area contributed by atoms with Gasteiger partial charge in [0.15, 0.2) is 9.47 Å². The molecule has 5 N–H and O–H groups in total. The summed E-state index contributed by atoms with van der Waals surface area (Å²) in [6.07, 6.45) is 2.18. The van der Waals surface area contributed by atoms with Gasteiger partial charge in [-0.25, -0.2) is 9.59 Å². The first kappa shape index (κ1) is 30.1. The molecule has 2 aromatic rings. The Morgan fingerprint density at radius 1 is 1.19 bits per heavy atom. The largest absolute Gasteiger partial charge is 0.478 e. The Morgan fingerprint density at radius 2 is 1.90 bits per heavy atom. The van der Waals surface area contributed by atoms with Gasteiger partial charge in [-0.05, 0) is 25.4 Å². The summed E-state index contributed by atoms with van der Waals surface area (Å²) < 4.78 is 9.66. The fraction of sp³-hybridized carbons (Fsp3) is 0.500. The van der Waals surface area contributed by atoms with Crippen LogP contribution in [0.4, 0.5) is 11.1 Å². The minimum absolute atomic E-state index is 0.0248. The highest BCUT2D eigenvalue weighted by Crippen LogP contribution is 2.46. The maximum absolute atomic E-state index is 13.2. The lowest BCUT2D eigenvalue weighted by atomic mass is 10.0. The summed E-state index contributed by atoms with van der Waals surface area (Å²) >= 11 is 4.43. The van der Waals surface area contributed by atoms with E-state index in [1.807, 2.05) is 0 Å². The molecule has 5 rings (SSSR count). The van der Waals surface area contributed by atoms with Crippen LogP contribution in [0.1, 0.15) is 32.5 Å². The summed E-state index contributed by atoms with van der Waals surface area (Å²) in [5.74, 6) is -3.44. The third-order valence-electron chi connectivity index (χ3n) is 6.81. The van der Waals surface area contributed by atoms with Gasteiger partial charge in [0.25, 0.3) is 11.8 Å². The number of aromatic nitrogens is 4. The Balaban J connectivity index is 1.33. The molecule has 5 heterocycles. The van der Waals surface area contributed by atoms with Gasteiger partial charge in [0.2, 0.25) is 17.1 Å². The van der Waals surface area contributed by atoms with Crippen molar-refractivity contribution in [2.24, 2.45) is 5.16 Å². The summed E-state index contributed by atoms with van der Waals surface area (Å²) in [6, 6.07) is -1.09. The second-order valence-corrected chi connectivity index (χ2v) is 14.2. The van der Waals surface area contributed by atoms with E-state index in [9.17, 15) is 29.4 Å². The number of likely N-dealkylation sites (tertiary alicyclic amines) is 1.